The van der Waals surface area contributed by atoms with E-state index in [1.165, 1.54) is 6.07 Å². The maximum absolute atomic E-state index is 9.72. The molecule has 0 amide bonds. The second kappa shape index (κ2) is 2.64. The van der Waals surface area contributed by atoms with Gasteiger partial charge in [0.15, 0.2) is 0 Å². The molecule has 2 atom stereocenters. The summed E-state index contributed by atoms with van der Waals surface area (Å²) in [6.07, 6.45) is 3.18. The van der Waals surface area contributed by atoms with E-state index in [-0.39, 0.29) is 23.7 Å². The molecule has 0 radical (unpaired) electrons. The highest BCUT2D eigenvalue weighted by molar-refractivity contribution is 5.48. The number of benzene rings is 1. The van der Waals surface area contributed by atoms with Crippen molar-refractivity contribution in [3.05, 3.63) is 23.3 Å². The number of phenolic OH excluding ortho intramolecular Hbond substituents is 2. The highest BCUT2D eigenvalue weighted by atomic mass is 16.5. The summed E-state index contributed by atoms with van der Waals surface area (Å²) in [7, 11) is 0. The molecule has 2 N–H and O–H groups in total. The van der Waals surface area contributed by atoms with E-state index in [0.717, 1.165) is 30.4 Å². The minimum atomic E-state index is 0.0457. The summed E-state index contributed by atoms with van der Waals surface area (Å²) in [5.41, 5.74) is 1.93. The number of fused-ring (bicyclic) bond motifs is 4. The third-order valence-corrected chi connectivity index (χ3v) is 3.11. The molecule has 0 aliphatic carbocycles. The molecule has 74 valence electrons. The fourth-order valence-electron chi connectivity index (χ4n) is 2.53. The quantitative estimate of drug-likeness (QED) is 0.659. The van der Waals surface area contributed by atoms with Gasteiger partial charge < -0.3 is 14.9 Å². The van der Waals surface area contributed by atoms with Crippen molar-refractivity contribution in [1.29, 1.82) is 0 Å². The maximum atomic E-state index is 9.72. The smallest absolute Gasteiger partial charge is 0.125 e. The lowest BCUT2D eigenvalue weighted by Crippen LogP contribution is -2.17. The standard InChI is InChI=1S/C11H12O3/c12-7-3-6-4-8-1-2-10(14-8)11(6)9(13)5-7/h3,5,8,10,12-13H,1-2,4H2. The Labute approximate surface area is 81.9 Å². The number of ether oxygens (including phenoxy) is 1. The van der Waals surface area contributed by atoms with Crippen molar-refractivity contribution in [2.75, 3.05) is 0 Å². The molecule has 2 aliphatic rings. The van der Waals surface area contributed by atoms with Crippen LogP contribution in [0, 0.1) is 0 Å². The van der Waals surface area contributed by atoms with Gasteiger partial charge in [0.2, 0.25) is 0 Å². The monoisotopic (exact) mass is 192 g/mol. The van der Waals surface area contributed by atoms with Gasteiger partial charge in [-0.15, -0.1) is 0 Å². The van der Waals surface area contributed by atoms with Crippen LogP contribution in [-0.4, -0.2) is 16.3 Å². The second-order valence-electron chi connectivity index (χ2n) is 4.07. The van der Waals surface area contributed by atoms with Gasteiger partial charge in [-0.3, -0.25) is 0 Å². The lowest BCUT2D eigenvalue weighted by atomic mass is 9.97. The van der Waals surface area contributed by atoms with Gasteiger partial charge in [-0.05, 0) is 30.9 Å². The van der Waals surface area contributed by atoms with Crippen LogP contribution in [0.1, 0.15) is 30.1 Å². The van der Waals surface area contributed by atoms with Gasteiger partial charge in [0, 0.05) is 11.6 Å². The van der Waals surface area contributed by atoms with Crippen molar-refractivity contribution in [3.63, 3.8) is 0 Å². The molecular formula is C11H12O3. The Morgan fingerprint density at radius 2 is 2.07 bits per heavy atom. The van der Waals surface area contributed by atoms with E-state index in [9.17, 15) is 10.2 Å². The fraction of sp³-hybridized carbons (Fsp3) is 0.455. The number of aromatic hydroxyl groups is 2. The van der Waals surface area contributed by atoms with Crippen LogP contribution in [0.5, 0.6) is 11.5 Å². The Morgan fingerprint density at radius 1 is 1.21 bits per heavy atom. The molecule has 14 heavy (non-hydrogen) atoms. The third kappa shape index (κ3) is 1.02. The maximum Gasteiger partial charge on any atom is 0.125 e. The molecule has 1 aromatic carbocycles. The lowest BCUT2D eigenvalue weighted by Gasteiger charge is -2.24. The molecule has 2 bridgehead atoms. The summed E-state index contributed by atoms with van der Waals surface area (Å²) in [4.78, 5) is 0. The van der Waals surface area contributed by atoms with Gasteiger partial charge in [0.05, 0.1) is 12.2 Å². The van der Waals surface area contributed by atoms with E-state index in [4.69, 9.17) is 4.74 Å². The molecule has 2 aliphatic heterocycles. The predicted molar refractivity (Wildman–Crippen MR) is 50.3 cm³/mol. The zero-order valence-corrected chi connectivity index (χ0v) is 7.73. The predicted octanol–water partition coefficient (Wildman–Crippen LogP) is 1.87. The first-order chi connectivity index (χ1) is 6.74. The SMILES string of the molecule is Oc1cc(O)c2c(c1)CC1CCC2O1. The summed E-state index contributed by atoms with van der Waals surface area (Å²) < 4.78 is 5.70. The number of hydrogen-bond acceptors (Lipinski definition) is 3. The van der Waals surface area contributed by atoms with Gasteiger partial charge in [-0.2, -0.15) is 0 Å². The van der Waals surface area contributed by atoms with Gasteiger partial charge in [-0.1, -0.05) is 0 Å². The largest absolute Gasteiger partial charge is 0.508 e. The molecule has 1 aromatic rings. The van der Waals surface area contributed by atoms with Gasteiger partial charge in [0.1, 0.15) is 11.5 Å². The number of hydrogen-bond donors (Lipinski definition) is 2. The minimum absolute atomic E-state index is 0.0457. The first-order valence-electron chi connectivity index (χ1n) is 4.94. The van der Waals surface area contributed by atoms with Crippen LogP contribution < -0.4 is 0 Å². The van der Waals surface area contributed by atoms with Crippen molar-refractivity contribution >= 4 is 0 Å². The lowest BCUT2D eigenvalue weighted by molar-refractivity contribution is 0.0308. The van der Waals surface area contributed by atoms with E-state index in [1.54, 1.807) is 6.07 Å². The normalized spacial score (nSPS) is 28.9. The van der Waals surface area contributed by atoms with Crippen LogP contribution in [0.15, 0.2) is 12.1 Å². The Balaban J connectivity index is 2.18. The highest BCUT2D eigenvalue weighted by Gasteiger charge is 2.35. The van der Waals surface area contributed by atoms with Gasteiger partial charge >= 0.3 is 0 Å². The first kappa shape index (κ1) is 8.12. The van der Waals surface area contributed by atoms with E-state index < -0.39 is 0 Å². The van der Waals surface area contributed by atoms with E-state index in [2.05, 4.69) is 0 Å². The second-order valence-corrected chi connectivity index (χ2v) is 4.07. The van der Waals surface area contributed by atoms with Crippen LogP contribution in [0.3, 0.4) is 0 Å². The zero-order chi connectivity index (χ0) is 9.71. The van der Waals surface area contributed by atoms with Gasteiger partial charge in [-0.25, -0.2) is 0 Å². The van der Waals surface area contributed by atoms with E-state index in [0.29, 0.717) is 0 Å². The summed E-state index contributed by atoms with van der Waals surface area (Å²) in [5.74, 6) is 0.313. The minimum Gasteiger partial charge on any atom is -0.508 e. The topological polar surface area (TPSA) is 49.7 Å². The Kier molecular flexibility index (Phi) is 1.53. The zero-order valence-electron chi connectivity index (χ0n) is 7.73. The molecular weight excluding hydrogens is 180 g/mol. The summed E-state index contributed by atoms with van der Waals surface area (Å²) in [6, 6.07) is 3.13. The van der Waals surface area contributed by atoms with Crippen molar-refractivity contribution in [3.8, 4) is 11.5 Å². The molecule has 0 aromatic heterocycles. The Hall–Kier alpha value is -1.22. The average Bonchev–Trinajstić information content (AvgIpc) is 2.46. The first-order valence-corrected chi connectivity index (χ1v) is 4.94. The van der Waals surface area contributed by atoms with Crippen LogP contribution in [-0.2, 0) is 11.2 Å². The molecule has 2 unspecified atom stereocenters. The fourth-order valence-corrected chi connectivity index (χ4v) is 2.53. The molecule has 1 saturated heterocycles. The average molecular weight is 192 g/mol. The molecule has 0 saturated carbocycles. The Bertz CT molecular complexity index is 386. The van der Waals surface area contributed by atoms with E-state index in [1.807, 2.05) is 0 Å². The summed E-state index contributed by atoms with van der Waals surface area (Å²) in [6.45, 7) is 0. The van der Waals surface area contributed by atoms with Gasteiger partial charge in [0.25, 0.3) is 0 Å². The van der Waals surface area contributed by atoms with Crippen molar-refractivity contribution in [1.82, 2.24) is 0 Å². The van der Waals surface area contributed by atoms with Crippen molar-refractivity contribution < 1.29 is 14.9 Å². The molecule has 2 heterocycles. The molecule has 3 nitrogen and oxygen atoms in total. The number of rotatable bonds is 0. The molecule has 1 fully saturated rings. The third-order valence-electron chi connectivity index (χ3n) is 3.11. The molecule has 0 spiro atoms. The summed E-state index contributed by atoms with van der Waals surface area (Å²) in [5, 5.41) is 19.1. The van der Waals surface area contributed by atoms with Crippen LogP contribution >= 0.6 is 0 Å². The molecule has 3 heteroatoms. The van der Waals surface area contributed by atoms with Crippen LogP contribution in [0.2, 0.25) is 0 Å². The Morgan fingerprint density at radius 3 is 2.93 bits per heavy atom. The van der Waals surface area contributed by atoms with Crippen LogP contribution in [0.25, 0.3) is 0 Å². The van der Waals surface area contributed by atoms with Crippen molar-refractivity contribution in [2.45, 2.75) is 31.5 Å². The van der Waals surface area contributed by atoms with Crippen molar-refractivity contribution in [2.24, 2.45) is 0 Å². The van der Waals surface area contributed by atoms with Crippen LogP contribution in [0.4, 0.5) is 0 Å². The molecule has 3 rings (SSSR count). The summed E-state index contributed by atoms with van der Waals surface area (Å²) >= 11 is 0. The number of phenols is 2. The van der Waals surface area contributed by atoms with E-state index >= 15 is 0 Å². The highest BCUT2D eigenvalue weighted by Crippen LogP contribution is 2.45.